The summed E-state index contributed by atoms with van der Waals surface area (Å²) in [6, 6.07) is 6.21. The maximum Gasteiger partial charge on any atom is 0.0924 e. The van der Waals surface area contributed by atoms with Gasteiger partial charge in [0.1, 0.15) is 0 Å². The molecule has 1 aromatic heterocycles. The average Bonchev–Trinajstić information content (AvgIpc) is 2.86. The van der Waals surface area contributed by atoms with Gasteiger partial charge in [0.15, 0.2) is 0 Å². The maximum absolute atomic E-state index is 4.59. The number of hydrogen-bond acceptors (Lipinski definition) is 2. The van der Waals surface area contributed by atoms with Gasteiger partial charge in [0.05, 0.1) is 5.52 Å². The van der Waals surface area contributed by atoms with Crippen LogP contribution in [0.4, 0.5) is 0 Å². The zero-order valence-electron chi connectivity index (χ0n) is 8.99. The minimum absolute atomic E-state index is 0.734. The Morgan fingerprint density at radius 2 is 2.44 bits per heavy atom. The first-order chi connectivity index (χ1) is 7.81. The molecule has 1 N–H and O–H groups in total. The molecule has 0 saturated carbocycles. The lowest BCUT2D eigenvalue weighted by atomic mass is 10.1. The molecule has 2 heterocycles. The van der Waals surface area contributed by atoms with E-state index in [1.54, 1.807) is 0 Å². The van der Waals surface area contributed by atoms with Crippen molar-refractivity contribution in [2.75, 3.05) is 13.1 Å². The minimum atomic E-state index is 0.734. The van der Waals surface area contributed by atoms with Crippen LogP contribution in [-0.2, 0) is 6.54 Å². The Labute approximate surface area is 103 Å². The molecule has 1 unspecified atom stereocenters. The van der Waals surface area contributed by atoms with E-state index in [1.165, 1.54) is 11.8 Å². The third-order valence-electron chi connectivity index (χ3n) is 3.12. The van der Waals surface area contributed by atoms with Gasteiger partial charge in [-0.15, -0.1) is 0 Å². The zero-order valence-corrected chi connectivity index (χ0v) is 10.6. The van der Waals surface area contributed by atoms with Crippen molar-refractivity contribution < 1.29 is 0 Å². The SMILES string of the molecule is Brc1ccc2nn(CC3CCNC3)cc2c1. The molecule has 0 aliphatic carbocycles. The summed E-state index contributed by atoms with van der Waals surface area (Å²) in [5.41, 5.74) is 1.08. The summed E-state index contributed by atoms with van der Waals surface area (Å²) < 4.78 is 3.19. The fourth-order valence-corrected chi connectivity index (χ4v) is 2.65. The molecule has 0 spiro atoms. The average molecular weight is 280 g/mol. The van der Waals surface area contributed by atoms with Crippen LogP contribution in [0.1, 0.15) is 6.42 Å². The first kappa shape index (κ1) is 10.3. The Morgan fingerprint density at radius 3 is 3.25 bits per heavy atom. The molecule has 0 bridgehead atoms. The summed E-state index contributed by atoms with van der Waals surface area (Å²) in [5, 5.41) is 9.18. The highest BCUT2D eigenvalue weighted by Gasteiger charge is 2.15. The van der Waals surface area contributed by atoms with E-state index in [2.05, 4.69) is 49.4 Å². The molecule has 16 heavy (non-hydrogen) atoms. The van der Waals surface area contributed by atoms with E-state index < -0.39 is 0 Å². The second kappa shape index (κ2) is 4.18. The number of nitrogens with one attached hydrogen (secondary N) is 1. The normalized spacial score (nSPS) is 20.7. The Hall–Kier alpha value is -0.870. The summed E-state index contributed by atoms with van der Waals surface area (Å²) in [6.45, 7) is 3.30. The quantitative estimate of drug-likeness (QED) is 0.915. The number of hydrogen-bond donors (Lipinski definition) is 1. The van der Waals surface area contributed by atoms with Crippen molar-refractivity contribution >= 4 is 26.8 Å². The number of benzene rings is 1. The standard InChI is InChI=1S/C12H14BrN3/c13-11-1-2-12-10(5-11)8-16(15-12)7-9-3-4-14-6-9/h1-2,5,8-9,14H,3-4,6-7H2. The van der Waals surface area contributed by atoms with Crippen molar-refractivity contribution in [3.63, 3.8) is 0 Å². The second-order valence-corrected chi connectivity index (χ2v) is 5.33. The van der Waals surface area contributed by atoms with Crippen LogP contribution in [0.3, 0.4) is 0 Å². The summed E-state index contributed by atoms with van der Waals surface area (Å²) >= 11 is 3.48. The summed E-state index contributed by atoms with van der Waals surface area (Å²) in [7, 11) is 0. The fraction of sp³-hybridized carbons (Fsp3) is 0.417. The highest BCUT2D eigenvalue weighted by molar-refractivity contribution is 9.10. The Balaban J connectivity index is 1.86. The van der Waals surface area contributed by atoms with Gasteiger partial charge in [-0.3, -0.25) is 4.68 Å². The molecule has 0 amide bonds. The van der Waals surface area contributed by atoms with Gasteiger partial charge >= 0.3 is 0 Å². The summed E-state index contributed by atoms with van der Waals surface area (Å²) in [6.07, 6.45) is 3.40. The predicted molar refractivity (Wildman–Crippen MR) is 68.4 cm³/mol. The van der Waals surface area contributed by atoms with Crippen LogP contribution >= 0.6 is 15.9 Å². The van der Waals surface area contributed by atoms with E-state index in [4.69, 9.17) is 0 Å². The van der Waals surface area contributed by atoms with Gasteiger partial charge in [-0.1, -0.05) is 15.9 Å². The summed E-state index contributed by atoms with van der Waals surface area (Å²) in [5.74, 6) is 0.734. The van der Waals surface area contributed by atoms with Crippen molar-refractivity contribution in [1.29, 1.82) is 0 Å². The monoisotopic (exact) mass is 279 g/mol. The highest BCUT2D eigenvalue weighted by Crippen LogP contribution is 2.19. The Kier molecular flexibility index (Phi) is 2.69. The number of fused-ring (bicyclic) bond motifs is 1. The fourth-order valence-electron chi connectivity index (χ4n) is 2.28. The molecule has 4 heteroatoms. The van der Waals surface area contributed by atoms with Crippen molar-refractivity contribution in [2.45, 2.75) is 13.0 Å². The van der Waals surface area contributed by atoms with E-state index in [0.717, 1.165) is 35.5 Å². The van der Waals surface area contributed by atoms with Gasteiger partial charge in [-0.25, -0.2) is 0 Å². The smallest absolute Gasteiger partial charge is 0.0924 e. The van der Waals surface area contributed by atoms with Gasteiger partial charge in [0.2, 0.25) is 0 Å². The van der Waals surface area contributed by atoms with Crippen molar-refractivity contribution in [1.82, 2.24) is 15.1 Å². The van der Waals surface area contributed by atoms with E-state index in [0.29, 0.717) is 0 Å². The molecule has 1 aliphatic rings. The van der Waals surface area contributed by atoms with E-state index in [1.807, 2.05) is 6.07 Å². The number of rotatable bonds is 2. The van der Waals surface area contributed by atoms with Gasteiger partial charge in [-0.2, -0.15) is 5.10 Å². The lowest BCUT2D eigenvalue weighted by Crippen LogP contribution is -2.14. The van der Waals surface area contributed by atoms with Gasteiger partial charge in [0.25, 0.3) is 0 Å². The van der Waals surface area contributed by atoms with E-state index >= 15 is 0 Å². The largest absolute Gasteiger partial charge is 0.316 e. The molecule has 84 valence electrons. The first-order valence-electron chi connectivity index (χ1n) is 5.65. The van der Waals surface area contributed by atoms with Crippen LogP contribution in [0, 0.1) is 5.92 Å². The molecule has 1 aromatic carbocycles. The van der Waals surface area contributed by atoms with Gasteiger partial charge in [0, 0.05) is 22.6 Å². The van der Waals surface area contributed by atoms with Crippen molar-refractivity contribution in [2.24, 2.45) is 5.92 Å². The van der Waals surface area contributed by atoms with E-state index in [-0.39, 0.29) is 0 Å². The molecule has 2 aromatic rings. The maximum atomic E-state index is 4.59. The first-order valence-corrected chi connectivity index (χ1v) is 6.44. The summed E-state index contributed by atoms with van der Waals surface area (Å²) in [4.78, 5) is 0. The molecule has 0 radical (unpaired) electrons. The van der Waals surface area contributed by atoms with Crippen LogP contribution in [0.5, 0.6) is 0 Å². The highest BCUT2D eigenvalue weighted by atomic mass is 79.9. The molecule has 1 saturated heterocycles. The van der Waals surface area contributed by atoms with Crippen LogP contribution in [0.25, 0.3) is 10.9 Å². The van der Waals surface area contributed by atoms with Crippen LogP contribution in [-0.4, -0.2) is 22.9 Å². The molecule has 3 nitrogen and oxygen atoms in total. The molecule has 1 fully saturated rings. The molecule has 3 rings (SSSR count). The van der Waals surface area contributed by atoms with Crippen LogP contribution in [0.2, 0.25) is 0 Å². The molecule has 1 aliphatic heterocycles. The minimum Gasteiger partial charge on any atom is -0.316 e. The van der Waals surface area contributed by atoms with Crippen molar-refractivity contribution in [3.8, 4) is 0 Å². The Morgan fingerprint density at radius 1 is 1.50 bits per heavy atom. The molecular formula is C12H14BrN3. The molecule has 1 atom stereocenters. The van der Waals surface area contributed by atoms with Crippen LogP contribution in [0.15, 0.2) is 28.9 Å². The van der Waals surface area contributed by atoms with Crippen molar-refractivity contribution in [3.05, 3.63) is 28.9 Å². The number of halogens is 1. The lowest BCUT2D eigenvalue weighted by molar-refractivity contribution is 0.452. The zero-order chi connectivity index (χ0) is 11.0. The second-order valence-electron chi connectivity index (χ2n) is 4.41. The van der Waals surface area contributed by atoms with Gasteiger partial charge in [-0.05, 0) is 43.6 Å². The molecular weight excluding hydrogens is 266 g/mol. The third-order valence-corrected chi connectivity index (χ3v) is 3.61. The number of aromatic nitrogens is 2. The third kappa shape index (κ3) is 1.99. The topological polar surface area (TPSA) is 29.9 Å². The predicted octanol–water partition coefficient (Wildman–Crippen LogP) is 2.41. The van der Waals surface area contributed by atoms with Crippen LogP contribution < -0.4 is 5.32 Å². The Bertz CT molecular complexity index is 500. The number of nitrogens with zero attached hydrogens (tertiary/aromatic N) is 2. The van der Waals surface area contributed by atoms with E-state index in [9.17, 15) is 0 Å². The van der Waals surface area contributed by atoms with Gasteiger partial charge < -0.3 is 5.32 Å². The lowest BCUT2D eigenvalue weighted by Gasteiger charge is -2.07.